The lowest BCUT2D eigenvalue weighted by molar-refractivity contribution is -0.140. The fourth-order valence-electron chi connectivity index (χ4n) is 2.65. The molecule has 0 bridgehead atoms. The monoisotopic (exact) mass is 225 g/mol. The molecule has 0 saturated heterocycles. The van der Waals surface area contributed by atoms with Crippen molar-refractivity contribution in [1.82, 2.24) is 4.90 Å². The molecule has 0 aliphatic heterocycles. The minimum absolute atomic E-state index is 0.322. The summed E-state index contributed by atoms with van der Waals surface area (Å²) in [5, 5.41) is 0. The van der Waals surface area contributed by atoms with E-state index in [9.17, 15) is 4.79 Å². The van der Waals surface area contributed by atoms with E-state index >= 15 is 0 Å². The Morgan fingerprint density at radius 1 is 1.12 bits per heavy atom. The Bertz CT molecular complexity index is 211. The third kappa shape index (κ3) is 2.99. The van der Waals surface area contributed by atoms with E-state index in [1.165, 1.54) is 12.8 Å². The largest absolute Gasteiger partial charge is 0.337 e. The van der Waals surface area contributed by atoms with E-state index < -0.39 is 0 Å². The van der Waals surface area contributed by atoms with E-state index in [2.05, 4.69) is 32.6 Å². The highest BCUT2D eigenvalue weighted by atomic mass is 16.2. The van der Waals surface area contributed by atoms with Gasteiger partial charge in [0.15, 0.2) is 0 Å². The molecule has 0 aromatic rings. The van der Waals surface area contributed by atoms with E-state index in [4.69, 9.17) is 0 Å². The van der Waals surface area contributed by atoms with Gasteiger partial charge in [-0.3, -0.25) is 4.79 Å². The van der Waals surface area contributed by atoms with Gasteiger partial charge in [0.2, 0.25) is 5.91 Å². The molecule has 1 aliphatic rings. The van der Waals surface area contributed by atoms with Crippen LogP contribution in [-0.4, -0.2) is 22.9 Å². The van der Waals surface area contributed by atoms with Crippen molar-refractivity contribution >= 4 is 5.91 Å². The van der Waals surface area contributed by atoms with Gasteiger partial charge >= 0.3 is 0 Å². The van der Waals surface area contributed by atoms with Crippen molar-refractivity contribution in [2.24, 2.45) is 5.92 Å². The minimum Gasteiger partial charge on any atom is -0.337 e. The van der Waals surface area contributed by atoms with Gasteiger partial charge in [-0.2, -0.15) is 0 Å². The standard InChI is InChI=1S/C14H27NO/c1-5-11(3)15(12(4)6-2)14(16)13-9-7-8-10-13/h11-13H,5-10H2,1-4H3. The van der Waals surface area contributed by atoms with Crippen LogP contribution in [0.4, 0.5) is 0 Å². The number of carbonyl (C=O) groups is 1. The summed E-state index contributed by atoms with van der Waals surface area (Å²) in [6, 6.07) is 0.783. The van der Waals surface area contributed by atoms with Gasteiger partial charge in [-0.15, -0.1) is 0 Å². The Morgan fingerprint density at radius 2 is 1.56 bits per heavy atom. The predicted molar refractivity (Wildman–Crippen MR) is 68.3 cm³/mol. The zero-order chi connectivity index (χ0) is 12.1. The van der Waals surface area contributed by atoms with Gasteiger partial charge in [-0.05, 0) is 39.5 Å². The molecule has 0 aromatic carbocycles. The maximum atomic E-state index is 12.5. The molecule has 2 atom stereocenters. The lowest BCUT2D eigenvalue weighted by atomic mass is 10.0. The number of hydrogen-bond donors (Lipinski definition) is 0. The van der Waals surface area contributed by atoms with Crippen LogP contribution in [0, 0.1) is 5.92 Å². The second kappa shape index (κ2) is 6.27. The van der Waals surface area contributed by atoms with Crippen molar-refractivity contribution in [3.05, 3.63) is 0 Å². The lowest BCUT2D eigenvalue weighted by Crippen LogP contribution is -2.46. The fourth-order valence-corrected chi connectivity index (χ4v) is 2.65. The molecule has 0 heterocycles. The van der Waals surface area contributed by atoms with Gasteiger partial charge in [0.1, 0.15) is 0 Å². The molecule has 0 spiro atoms. The quantitative estimate of drug-likeness (QED) is 0.700. The zero-order valence-electron chi connectivity index (χ0n) is 11.3. The van der Waals surface area contributed by atoms with Crippen molar-refractivity contribution in [2.45, 2.75) is 78.3 Å². The number of hydrogen-bond acceptors (Lipinski definition) is 1. The summed E-state index contributed by atoms with van der Waals surface area (Å²) in [7, 11) is 0. The molecule has 2 nitrogen and oxygen atoms in total. The third-order valence-electron chi connectivity index (χ3n) is 4.09. The summed E-state index contributed by atoms with van der Waals surface area (Å²) >= 11 is 0. The molecule has 1 fully saturated rings. The third-order valence-corrected chi connectivity index (χ3v) is 4.09. The lowest BCUT2D eigenvalue weighted by Gasteiger charge is -2.36. The Balaban J connectivity index is 2.70. The van der Waals surface area contributed by atoms with Crippen molar-refractivity contribution < 1.29 is 4.79 Å². The van der Waals surface area contributed by atoms with Crippen LogP contribution in [0.25, 0.3) is 0 Å². The molecular formula is C14H27NO. The highest BCUT2D eigenvalue weighted by molar-refractivity contribution is 5.79. The summed E-state index contributed by atoms with van der Waals surface area (Å²) in [4.78, 5) is 14.6. The van der Waals surface area contributed by atoms with Crippen LogP contribution >= 0.6 is 0 Å². The van der Waals surface area contributed by atoms with Crippen molar-refractivity contribution in [1.29, 1.82) is 0 Å². The van der Waals surface area contributed by atoms with E-state index in [1.807, 2.05) is 0 Å². The summed E-state index contributed by atoms with van der Waals surface area (Å²) in [6.07, 6.45) is 6.83. The van der Waals surface area contributed by atoms with Crippen LogP contribution in [0.5, 0.6) is 0 Å². The second-order valence-electron chi connectivity index (χ2n) is 5.24. The summed E-state index contributed by atoms with van der Waals surface area (Å²) in [5.74, 6) is 0.740. The van der Waals surface area contributed by atoms with Crippen LogP contribution in [0.3, 0.4) is 0 Å². The Kier molecular flexibility index (Phi) is 5.30. The molecule has 0 N–H and O–H groups in total. The molecule has 94 valence electrons. The topological polar surface area (TPSA) is 20.3 Å². The molecule has 2 unspecified atom stereocenters. The van der Waals surface area contributed by atoms with E-state index in [0.29, 0.717) is 23.9 Å². The van der Waals surface area contributed by atoms with Crippen molar-refractivity contribution in [3.63, 3.8) is 0 Å². The van der Waals surface area contributed by atoms with Crippen molar-refractivity contribution in [3.8, 4) is 0 Å². The molecule has 1 rings (SSSR count). The van der Waals surface area contributed by atoms with Crippen LogP contribution in [0.1, 0.15) is 66.2 Å². The SMILES string of the molecule is CCC(C)N(C(=O)C1CCCC1)C(C)CC. The molecule has 0 aromatic heterocycles. The van der Waals surface area contributed by atoms with Crippen LogP contribution in [0.15, 0.2) is 0 Å². The van der Waals surface area contributed by atoms with Crippen LogP contribution < -0.4 is 0 Å². The van der Waals surface area contributed by atoms with Gasteiger partial charge < -0.3 is 4.90 Å². The Labute approximate surface area is 100 Å². The first-order chi connectivity index (χ1) is 7.61. The molecule has 1 amide bonds. The van der Waals surface area contributed by atoms with E-state index in [0.717, 1.165) is 25.7 Å². The summed E-state index contributed by atoms with van der Waals surface area (Å²) in [6.45, 7) is 8.70. The highest BCUT2D eigenvalue weighted by Gasteiger charge is 2.31. The predicted octanol–water partition coefficient (Wildman–Crippen LogP) is 3.60. The average Bonchev–Trinajstić information content (AvgIpc) is 2.81. The number of rotatable bonds is 5. The maximum Gasteiger partial charge on any atom is 0.226 e. The van der Waals surface area contributed by atoms with Gasteiger partial charge in [0.05, 0.1) is 0 Å². The average molecular weight is 225 g/mol. The molecule has 2 heteroatoms. The molecule has 1 saturated carbocycles. The maximum absolute atomic E-state index is 12.5. The number of amides is 1. The Hall–Kier alpha value is -0.530. The Morgan fingerprint density at radius 3 is 1.94 bits per heavy atom. The summed E-state index contributed by atoms with van der Waals surface area (Å²) < 4.78 is 0. The van der Waals surface area contributed by atoms with Gasteiger partial charge in [0, 0.05) is 18.0 Å². The van der Waals surface area contributed by atoms with Gasteiger partial charge in [0.25, 0.3) is 0 Å². The van der Waals surface area contributed by atoms with Gasteiger partial charge in [-0.1, -0.05) is 26.7 Å². The van der Waals surface area contributed by atoms with Gasteiger partial charge in [-0.25, -0.2) is 0 Å². The minimum atomic E-state index is 0.322. The number of nitrogens with zero attached hydrogens (tertiary/aromatic N) is 1. The first-order valence-electron chi connectivity index (χ1n) is 6.93. The van der Waals surface area contributed by atoms with Crippen LogP contribution in [-0.2, 0) is 4.79 Å². The molecule has 16 heavy (non-hydrogen) atoms. The summed E-state index contributed by atoms with van der Waals surface area (Å²) in [5.41, 5.74) is 0. The normalized spacial score (nSPS) is 20.8. The first kappa shape index (κ1) is 13.5. The zero-order valence-corrected chi connectivity index (χ0v) is 11.3. The second-order valence-corrected chi connectivity index (χ2v) is 5.24. The fraction of sp³-hybridized carbons (Fsp3) is 0.929. The molecule has 1 aliphatic carbocycles. The molecular weight excluding hydrogens is 198 g/mol. The highest BCUT2D eigenvalue weighted by Crippen LogP contribution is 2.28. The molecule has 0 radical (unpaired) electrons. The first-order valence-corrected chi connectivity index (χ1v) is 6.93. The number of carbonyl (C=O) groups excluding carboxylic acids is 1. The van der Waals surface area contributed by atoms with E-state index in [-0.39, 0.29) is 0 Å². The van der Waals surface area contributed by atoms with Crippen LogP contribution in [0.2, 0.25) is 0 Å². The smallest absolute Gasteiger partial charge is 0.226 e. The van der Waals surface area contributed by atoms with E-state index in [1.54, 1.807) is 0 Å². The van der Waals surface area contributed by atoms with Crippen molar-refractivity contribution in [2.75, 3.05) is 0 Å².